The minimum absolute atomic E-state index is 0.234. The van der Waals surface area contributed by atoms with Crippen LogP contribution < -0.4 is 5.32 Å². The molecule has 0 saturated carbocycles. The fraction of sp³-hybridized carbons (Fsp3) is 0.360. The van der Waals surface area contributed by atoms with Crippen LogP contribution in [0.3, 0.4) is 0 Å². The van der Waals surface area contributed by atoms with E-state index in [9.17, 15) is 17.6 Å². The van der Waals surface area contributed by atoms with E-state index in [4.69, 9.17) is 0 Å². The number of hydrogen-bond donors (Lipinski definition) is 1. The average molecular weight is 485 g/mol. The predicted molar refractivity (Wildman–Crippen MR) is 129 cm³/mol. The first-order chi connectivity index (χ1) is 16.1. The lowest BCUT2D eigenvalue weighted by atomic mass is 9.97. The van der Waals surface area contributed by atoms with Crippen molar-refractivity contribution in [2.24, 2.45) is 5.92 Å². The van der Waals surface area contributed by atoms with E-state index in [-0.39, 0.29) is 24.9 Å². The molecular formula is C25H29FN4O3S. The SMILES string of the molecule is Cc1cc(C)c(C)c(S(=O)(=O)N2CCC(C(=O)Nc3ccc(-n4cccn4)c(F)c3)CC2)c1C. The molecule has 180 valence electrons. The Morgan fingerprint density at radius 1 is 1.06 bits per heavy atom. The average Bonchev–Trinajstić information content (AvgIpc) is 3.32. The van der Waals surface area contributed by atoms with Gasteiger partial charge in [0.1, 0.15) is 5.69 Å². The van der Waals surface area contributed by atoms with Gasteiger partial charge in [0.2, 0.25) is 15.9 Å². The van der Waals surface area contributed by atoms with Gasteiger partial charge in [-0.1, -0.05) is 6.07 Å². The van der Waals surface area contributed by atoms with Gasteiger partial charge in [-0.05, 0) is 87.1 Å². The lowest BCUT2D eigenvalue weighted by Crippen LogP contribution is -2.41. The molecule has 1 fully saturated rings. The summed E-state index contributed by atoms with van der Waals surface area (Å²) in [6.45, 7) is 8.04. The third-order valence-electron chi connectivity index (χ3n) is 6.69. The zero-order valence-electron chi connectivity index (χ0n) is 19.8. The molecule has 3 aromatic rings. The Bertz CT molecular complexity index is 1300. The highest BCUT2D eigenvalue weighted by Crippen LogP contribution is 2.31. The lowest BCUT2D eigenvalue weighted by molar-refractivity contribution is -0.120. The number of aryl methyl sites for hydroxylation is 2. The Balaban J connectivity index is 1.43. The number of rotatable bonds is 5. The number of nitrogens with one attached hydrogen (secondary N) is 1. The van der Waals surface area contributed by atoms with Crippen LogP contribution in [-0.4, -0.2) is 41.5 Å². The quantitative estimate of drug-likeness (QED) is 0.586. The second-order valence-corrected chi connectivity index (χ2v) is 10.7. The van der Waals surface area contributed by atoms with Crippen molar-refractivity contribution >= 4 is 21.6 Å². The Hall–Kier alpha value is -3.04. The number of carbonyl (C=O) groups excluding carboxylic acids is 1. The van der Waals surface area contributed by atoms with Crippen molar-refractivity contribution < 1.29 is 17.6 Å². The molecule has 0 spiro atoms. The molecule has 0 bridgehead atoms. The lowest BCUT2D eigenvalue weighted by Gasteiger charge is -2.31. The number of aromatic nitrogens is 2. The summed E-state index contributed by atoms with van der Waals surface area (Å²) in [6.07, 6.45) is 4.01. The maximum absolute atomic E-state index is 14.5. The van der Waals surface area contributed by atoms with Crippen molar-refractivity contribution in [3.05, 3.63) is 70.8 Å². The minimum Gasteiger partial charge on any atom is -0.326 e. The molecule has 0 atom stereocenters. The summed E-state index contributed by atoms with van der Waals surface area (Å²) in [4.78, 5) is 13.2. The molecule has 1 aliphatic rings. The fourth-order valence-electron chi connectivity index (χ4n) is 4.48. The molecule has 1 aromatic heterocycles. The molecule has 2 heterocycles. The third kappa shape index (κ3) is 4.50. The van der Waals surface area contributed by atoms with Crippen LogP contribution in [0.2, 0.25) is 0 Å². The van der Waals surface area contributed by atoms with E-state index in [1.54, 1.807) is 30.6 Å². The van der Waals surface area contributed by atoms with Gasteiger partial charge in [0, 0.05) is 37.1 Å². The number of anilines is 1. The fourth-order valence-corrected chi connectivity index (χ4v) is 6.53. The van der Waals surface area contributed by atoms with Gasteiger partial charge in [-0.2, -0.15) is 9.40 Å². The summed E-state index contributed by atoms with van der Waals surface area (Å²) in [5, 5.41) is 6.78. The Morgan fingerprint density at radius 3 is 2.26 bits per heavy atom. The smallest absolute Gasteiger partial charge is 0.243 e. The molecule has 34 heavy (non-hydrogen) atoms. The first kappa shape index (κ1) is 24.1. The summed E-state index contributed by atoms with van der Waals surface area (Å²) < 4.78 is 44.3. The van der Waals surface area contributed by atoms with Crippen LogP contribution in [0.15, 0.2) is 47.6 Å². The molecule has 2 aromatic carbocycles. The predicted octanol–water partition coefficient (Wildman–Crippen LogP) is 4.28. The van der Waals surface area contributed by atoms with E-state index in [0.29, 0.717) is 29.1 Å². The van der Waals surface area contributed by atoms with Crippen molar-refractivity contribution in [2.45, 2.75) is 45.4 Å². The molecule has 9 heteroatoms. The molecule has 1 aliphatic heterocycles. The number of sulfonamides is 1. The van der Waals surface area contributed by atoms with Crippen molar-refractivity contribution in [3.8, 4) is 5.69 Å². The second-order valence-electron chi connectivity index (χ2n) is 8.87. The zero-order chi connectivity index (χ0) is 24.6. The van der Waals surface area contributed by atoms with Crippen LogP contribution in [0.5, 0.6) is 0 Å². The maximum atomic E-state index is 14.5. The summed E-state index contributed by atoms with van der Waals surface area (Å²) in [7, 11) is -3.66. The van der Waals surface area contributed by atoms with Crippen molar-refractivity contribution in [2.75, 3.05) is 18.4 Å². The highest BCUT2D eigenvalue weighted by molar-refractivity contribution is 7.89. The van der Waals surface area contributed by atoms with E-state index in [1.165, 1.54) is 15.1 Å². The molecule has 0 radical (unpaired) electrons. The zero-order valence-corrected chi connectivity index (χ0v) is 20.6. The van der Waals surface area contributed by atoms with Crippen LogP contribution in [0.1, 0.15) is 35.1 Å². The second kappa shape index (κ2) is 9.31. The standard InChI is InChI=1S/C25H29FN4O3S/c1-16-14-17(2)19(4)24(18(16)3)34(32,33)29-12-8-20(9-13-29)25(31)28-21-6-7-23(22(26)15-21)30-11-5-10-27-30/h5-7,10-11,14-15,20H,8-9,12-13H2,1-4H3,(H,28,31). The first-order valence-corrected chi connectivity index (χ1v) is 12.7. The minimum atomic E-state index is -3.66. The van der Waals surface area contributed by atoms with Gasteiger partial charge in [0.05, 0.1) is 4.90 Å². The third-order valence-corrected chi connectivity index (χ3v) is 8.86. The summed E-state index contributed by atoms with van der Waals surface area (Å²) in [5.41, 5.74) is 4.07. The van der Waals surface area contributed by atoms with Gasteiger partial charge < -0.3 is 5.32 Å². The molecule has 0 aliphatic carbocycles. The Kier molecular flexibility index (Phi) is 6.60. The number of amides is 1. The molecule has 0 unspecified atom stereocenters. The summed E-state index contributed by atoms with van der Waals surface area (Å²) in [5.74, 6) is -1.08. The molecule has 4 rings (SSSR count). The highest BCUT2D eigenvalue weighted by atomic mass is 32.2. The number of benzene rings is 2. The number of hydrogen-bond acceptors (Lipinski definition) is 4. The van der Waals surface area contributed by atoms with Crippen LogP contribution in [0, 0.1) is 39.4 Å². The van der Waals surface area contributed by atoms with Gasteiger partial charge in [-0.15, -0.1) is 0 Å². The van der Waals surface area contributed by atoms with Crippen molar-refractivity contribution in [1.29, 1.82) is 0 Å². The van der Waals surface area contributed by atoms with E-state index in [0.717, 1.165) is 22.3 Å². The molecule has 1 amide bonds. The summed E-state index contributed by atoms with van der Waals surface area (Å²) >= 11 is 0. The number of halogens is 1. The maximum Gasteiger partial charge on any atom is 0.243 e. The van der Waals surface area contributed by atoms with Gasteiger partial charge in [0.15, 0.2) is 5.82 Å². The van der Waals surface area contributed by atoms with Gasteiger partial charge in [0.25, 0.3) is 0 Å². The molecule has 7 nitrogen and oxygen atoms in total. The van der Waals surface area contributed by atoms with E-state index >= 15 is 0 Å². The van der Waals surface area contributed by atoms with Crippen molar-refractivity contribution in [1.82, 2.24) is 14.1 Å². The van der Waals surface area contributed by atoms with E-state index in [1.807, 2.05) is 33.8 Å². The number of nitrogens with zero attached hydrogens (tertiary/aromatic N) is 3. The summed E-state index contributed by atoms with van der Waals surface area (Å²) in [6, 6.07) is 8.15. The number of carbonyl (C=O) groups is 1. The highest BCUT2D eigenvalue weighted by Gasteiger charge is 2.34. The normalized spacial score (nSPS) is 15.4. The van der Waals surface area contributed by atoms with Crippen LogP contribution in [-0.2, 0) is 14.8 Å². The topological polar surface area (TPSA) is 84.3 Å². The molecular weight excluding hydrogens is 455 g/mol. The van der Waals surface area contributed by atoms with Crippen molar-refractivity contribution in [3.63, 3.8) is 0 Å². The largest absolute Gasteiger partial charge is 0.326 e. The van der Waals surface area contributed by atoms with E-state index < -0.39 is 15.8 Å². The Morgan fingerprint density at radius 2 is 1.71 bits per heavy atom. The molecule has 1 N–H and O–H groups in total. The molecule has 1 saturated heterocycles. The van der Waals surface area contributed by atoms with Crippen LogP contribution in [0.25, 0.3) is 5.69 Å². The van der Waals surface area contributed by atoms with Gasteiger partial charge >= 0.3 is 0 Å². The van der Waals surface area contributed by atoms with Gasteiger partial charge in [-0.3, -0.25) is 4.79 Å². The monoisotopic (exact) mass is 484 g/mol. The Labute approximate surface area is 199 Å². The first-order valence-electron chi connectivity index (χ1n) is 11.3. The van der Waals surface area contributed by atoms with Gasteiger partial charge in [-0.25, -0.2) is 17.5 Å². The van der Waals surface area contributed by atoms with E-state index in [2.05, 4.69) is 10.4 Å². The number of piperidine rings is 1. The van der Waals surface area contributed by atoms with Crippen LogP contribution in [0.4, 0.5) is 10.1 Å². The van der Waals surface area contributed by atoms with Crippen LogP contribution >= 0.6 is 0 Å².